The minimum atomic E-state index is 0.116. The molecule has 0 fully saturated rings. The van der Waals surface area contributed by atoms with Crippen molar-refractivity contribution in [1.29, 1.82) is 0 Å². The standard InChI is InChI=1S/C24H33NO2S/c1-5-7-15-25(16-8-6-2)21-11-9-20(24(17-21)27-19(3)4)10-12-22-13-14-23(18-26)28-22/h9-14,17-19H,5-8,15-16H2,1-4H3. The Bertz CT molecular complexity index is 756. The van der Waals surface area contributed by atoms with E-state index in [1.54, 1.807) is 0 Å². The van der Waals surface area contributed by atoms with Crippen LogP contribution in [0.1, 0.15) is 73.5 Å². The molecular formula is C24H33NO2S. The molecule has 28 heavy (non-hydrogen) atoms. The number of benzene rings is 1. The SMILES string of the molecule is CCCCN(CCCC)c1ccc(C=Cc2ccc(C=O)s2)c(OC(C)C)c1. The third-order valence-electron chi connectivity index (χ3n) is 4.48. The van der Waals surface area contributed by atoms with Crippen molar-refractivity contribution in [3.8, 4) is 5.75 Å². The molecule has 0 aliphatic rings. The van der Waals surface area contributed by atoms with E-state index < -0.39 is 0 Å². The fourth-order valence-electron chi connectivity index (χ4n) is 2.97. The molecule has 0 aliphatic heterocycles. The highest BCUT2D eigenvalue weighted by Crippen LogP contribution is 2.29. The first-order chi connectivity index (χ1) is 13.6. The Kier molecular flexibility index (Phi) is 9.29. The molecule has 3 nitrogen and oxygen atoms in total. The Balaban J connectivity index is 2.28. The lowest BCUT2D eigenvalue weighted by Gasteiger charge is -2.26. The molecule has 0 unspecified atom stereocenters. The zero-order valence-corrected chi connectivity index (χ0v) is 18.4. The number of thiophene rings is 1. The smallest absolute Gasteiger partial charge is 0.160 e. The average molecular weight is 400 g/mol. The summed E-state index contributed by atoms with van der Waals surface area (Å²) in [5.74, 6) is 0.911. The average Bonchev–Trinajstić information content (AvgIpc) is 3.15. The minimum Gasteiger partial charge on any atom is -0.490 e. The number of anilines is 1. The highest BCUT2D eigenvalue weighted by Gasteiger charge is 2.11. The van der Waals surface area contributed by atoms with E-state index in [1.807, 2.05) is 18.2 Å². The van der Waals surface area contributed by atoms with Crippen LogP contribution in [0, 0.1) is 0 Å². The fraction of sp³-hybridized carbons (Fsp3) is 0.458. The van der Waals surface area contributed by atoms with Crippen molar-refractivity contribution in [2.45, 2.75) is 59.5 Å². The maximum Gasteiger partial charge on any atom is 0.160 e. The summed E-state index contributed by atoms with van der Waals surface area (Å²) in [6.45, 7) is 10.7. The molecule has 2 rings (SSSR count). The van der Waals surface area contributed by atoms with Crippen LogP contribution in [0.25, 0.3) is 12.2 Å². The molecule has 0 bridgehead atoms. The molecule has 4 heteroatoms. The van der Waals surface area contributed by atoms with E-state index in [1.165, 1.54) is 42.7 Å². The van der Waals surface area contributed by atoms with Crippen LogP contribution < -0.4 is 9.64 Å². The molecule has 152 valence electrons. The fourth-order valence-corrected chi connectivity index (χ4v) is 3.70. The van der Waals surface area contributed by atoms with Crippen LogP contribution in [-0.4, -0.2) is 25.5 Å². The third kappa shape index (κ3) is 6.83. The number of hydrogen-bond donors (Lipinski definition) is 0. The summed E-state index contributed by atoms with van der Waals surface area (Å²) in [5.41, 5.74) is 2.29. The minimum absolute atomic E-state index is 0.116. The second-order valence-corrected chi connectivity index (χ2v) is 8.42. The largest absolute Gasteiger partial charge is 0.490 e. The number of ether oxygens (including phenoxy) is 1. The summed E-state index contributed by atoms with van der Waals surface area (Å²) in [6, 6.07) is 10.3. The van der Waals surface area contributed by atoms with Crippen molar-refractivity contribution in [1.82, 2.24) is 0 Å². The van der Waals surface area contributed by atoms with Crippen molar-refractivity contribution in [3.63, 3.8) is 0 Å². The van der Waals surface area contributed by atoms with Crippen LogP contribution in [0.15, 0.2) is 30.3 Å². The van der Waals surface area contributed by atoms with Gasteiger partial charge in [0.25, 0.3) is 0 Å². The van der Waals surface area contributed by atoms with Crippen molar-refractivity contribution in [2.24, 2.45) is 0 Å². The Labute approximate surface area is 174 Å². The quantitative estimate of drug-likeness (QED) is 0.363. The summed E-state index contributed by atoms with van der Waals surface area (Å²) in [6.07, 6.45) is 9.92. The molecule has 0 saturated heterocycles. The second kappa shape index (κ2) is 11.7. The lowest BCUT2D eigenvalue weighted by atomic mass is 10.1. The van der Waals surface area contributed by atoms with Gasteiger partial charge in [-0.25, -0.2) is 0 Å². The predicted octanol–water partition coefficient (Wildman–Crippen LogP) is 6.92. The maximum atomic E-state index is 10.9. The number of rotatable bonds is 12. The van der Waals surface area contributed by atoms with E-state index in [2.05, 4.69) is 56.9 Å². The van der Waals surface area contributed by atoms with Crippen LogP contribution in [0.3, 0.4) is 0 Å². The normalized spacial score (nSPS) is 11.3. The van der Waals surface area contributed by atoms with Gasteiger partial charge >= 0.3 is 0 Å². The summed E-state index contributed by atoms with van der Waals surface area (Å²) in [5, 5.41) is 0. The van der Waals surface area contributed by atoms with Crippen LogP contribution in [-0.2, 0) is 0 Å². The van der Waals surface area contributed by atoms with Gasteiger partial charge in [-0.1, -0.05) is 26.7 Å². The molecule has 1 aromatic carbocycles. The molecule has 0 spiro atoms. The summed E-state index contributed by atoms with van der Waals surface area (Å²) in [7, 11) is 0. The predicted molar refractivity (Wildman–Crippen MR) is 123 cm³/mol. The van der Waals surface area contributed by atoms with Gasteiger partial charge in [-0.05, 0) is 63.1 Å². The number of carbonyl (C=O) groups is 1. The maximum absolute atomic E-state index is 10.9. The van der Waals surface area contributed by atoms with E-state index in [-0.39, 0.29) is 6.10 Å². The molecule has 2 aromatic rings. The molecule has 0 radical (unpaired) electrons. The Morgan fingerprint density at radius 1 is 1.00 bits per heavy atom. The number of hydrogen-bond acceptors (Lipinski definition) is 4. The molecular weight excluding hydrogens is 366 g/mol. The first-order valence-corrected chi connectivity index (χ1v) is 11.2. The Morgan fingerprint density at radius 2 is 1.68 bits per heavy atom. The van der Waals surface area contributed by atoms with Crippen molar-refractivity contribution >= 4 is 35.5 Å². The van der Waals surface area contributed by atoms with E-state index >= 15 is 0 Å². The molecule has 1 aromatic heterocycles. The van der Waals surface area contributed by atoms with Crippen LogP contribution >= 0.6 is 11.3 Å². The van der Waals surface area contributed by atoms with E-state index in [9.17, 15) is 4.79 Å². The van der Waals surface area contributed by atoms with Gasteiger partial charge in [0.15, 0.2) is 6.29 Å². The summed E-state index contributed by atoms with van der Waals surface area (Å²) < 4.78 is 6.13. The van der Waals surface area contributed by atoms with Gasteiger partial charge in [0, 0.05) is 35.3 Å². The number of nitrogens with zero attached hydrogens (tertiary/aromatic N) is 1. The number of carbonyl (C=O) groups excluding carboxylic acids is 1. The van der Waals surface area contributed by atoms with Crippen LogP contribution in [0.5, 0.6) is 5.75 Å². The summed E-state index contributed by atoms with van der Waals surface area (Å²) >= 11 is 1.49. The molecule has 0 N–H and O–H groups in total. The van der Waals surface area contributed by atoms with Gasteiger partial charge in [-0.3, -0.25) is 4.79 Å². The first kappa shape index (κ1) is 22.2. The lowest BCUT2D eigenvalue weighted by molar-refractivity contribution is 0.112. The molecule has 0 aliphatic carbocycles. The van der Waals surface area contributed by atoms with Crippen molar-refractivity contribution < 1.29 is 9.53 Å². The van der Waals surface area contributed by atoms with Crippen LogP contribution in [0.2, 0.25) is 0 Å². The van der Waals surface area contributed by atoms with Gasteiger partial charge in [0.2, 0.25) is 0 Å². The Hall–Kier alpha value is -2.07. The highest BCUT2D eigenvalue weighted by molar-refractivity contribution is 7.14. The Morgan fingerprint density at radius 3 is 2.25 bits per heavy atom. The topological polar surface area (TPSA) is 29.5 Å². The third-order valence-corrected chi connectivity index (χ3v) is 5.45. The zero-order chi connectivity index (χ0) is 20.4. The van der Waals surface area contributed by atoms with Crippen molar-refractivity contribution in [2.75, 3.05) is 18.0 Å². The zero-order valence-electron chi connectivity index (χ0n) is 17.6. The van der Waals surface area contributed by atoms with Crippen molar-refractivity contribution in [3.05, 3.63) is 45.6 Å². The second-order valence-electron chi connectivity index (χ2n) is 7.27. The highest BCUT2D eigenvalue weighted by atomic mass is 32.1. The number of aldehydes is 1. The van der Waals surface area contributed by atoms with E-state index in [4.69, 9.17) is 4.74 Å². The van der Waals surface area contributed by atoms with Gasteiger partial charge in [0.05, 0.1) is 11.0 Å². The van der Waals surface area contributed by atoms with Gasteiger partial charge in [-0.15, -0.1) is 11.3 Å². The van der Waals surface area contributed by atoms with Gasteiger partial charge < -0.3 is 9.64 Å². The molecule has 1 heterocycles. The monoisotopic (exact) mass is 399 g/mol. The van der Waals surface area contributed by atoms with E-state index in [0.717, 1.165) is 40.4 Å². The van der Waals surface area contributed by atoms with Gasteiger partial charge in [-0.2, -0.15) is 0 Å². The van der Waals surface area contributed by atoms with Gasteiger partial charge in [0.1, 0.15) is 5.75 Å². The first-order valence-electron chi connectivity index (χ1n) is 10.4. The molecule has 0 saturated carbocycles. The van der Waals surface area contributed by atoms with Crippen LogP contribution in [0.4, 0.5) is 5.69 Å². The molecule has 0 atom stereocenters. The summed E-state index contributed by atoms with van der Waals surface area (Å²) in [4.78, 5) is 15.2. The number of unbranched alkanes of at least 4 members (excludes halogenated alkanes) is 2. The van der Waals surface area contributed by atoms with E-state index in [0.29, 0.717) is 0 Å². The molecule has 0 amide bonds. The lowest BCUT2D eigenvalue weighted by Crippen LogP contribution is -2.25.